The second-order valence-corrected chi connectivity index (χ2v) is 23.6. The average Bonchev–Trinajstić information content (AvgIpc) is 3.61. The topological polar surface area (TPSA) is 453 Å². The standard InChI is InChI=1S/C50H80O28/c1-18-11-49-9-5-24-47(2,7-4-8-48(24,3)46(68)77-44-39(34(64)29(59)22(15-54)72-44)75-42-36(66)32(62)27(57)20(13-52)70-42)25(49)6-10-50(18,17-49)78-45-40(76-43-37(67)33(63)28(58)21(14-53)71-43)38(30(60)23(16-55)73-45)74-41-35(65)31(61)26(56)19(12-51)69-41/h19-45,51-67H,1,4-17H2,2-3H3/t19?,20?,21?,22?,23?,24?,25-,26?,27?,28?,29?,30?,31?,32?,33?,34?,35?,36?,37?,38?,39?,40?,41?,42?,43?,44?,45?,47+,48+,49?,50?/m0/s1. The van der Waals surface area contributed by atoms with E-state index in [1.54, 1.807) is 6.92 Å². The first-order valence-corrected chi connectivity index (χ1v) is 26.9. The lowest BCUT2D eigenvalue weighted by atomic mass is 9.41. The molecule has 0 aromatic carbocycles. The molecule has 31 atom stereocenters. The number of aliphatic hydroxyl groups is 17. The van der Waals surface area contributed by atoms with E-state index >= 15 is 0 Å². The third kappa shape index (κ3) is 10.3. The van der Waals surface area contributed by atoms with Crippen LogP contribution in [0.1, 0.15) is 71.6 Å². The molecule has 0 aromatic rings. The van der Waals surface area contributed by atoms with Crippen LogP contribution < -0.4 is 0 Å². The fourth-order valence-electron chi connectivity index (χ4n) is 15.0. The van der Waals surface area contributed by atoms with E-state index in [4.69, 9.17) is 47.4 Å². The first-order valence-electron chi connectivity index (χ1n) is 26.9. The molecule has 4 saturated carbocycles. The highest BCUT2D eigenvalue weighted by molar-refractivity contribution is 5.77. The Morgan fingerprint density at radius 3 is 1.41 bits per heavy atom. The van der Waals surface area contributed by atoms with Crippen molar-refractivity contribution in [1.82, 2.24) is 0 Å². The summed E-state index contributed by atoms with van der Waals surface area (Å²) in [5.41, 5.74) is -2.81. The highest BCUT2D eigenvalue weighted by Crippen LogP contribution is 2.74. The second-order valence-electron chi connectivity index (χ2n) is 23.6. The summed E-state index contributed by atoms with van der Waals surface area (Å²) in [7, 11) is 0. The van der Waals surface area contributed by atoms with Crippen LogP contribution in [0.25, 0.3) is 0 Å². The summed E-state index contributed by atoms with van der Waals surface area (Å²) < 4.78 is 60.3. The highest BCUT2D eigenvalue weighted by Gasteiger charge is 2.70. The zero-order valence-corrected chi connectivity index (χ0v) is 43.3. The van der Waals surface area contributed by atoms with Crippen molar-refractivity contribution in [1.29, 1.82) is 0 Å². The first-order chi connectivity index (χ1) is 36.9. The Hall–Kier alpha value is -1.83. The van der Waals surface area contributed by atoms with Crippen LogP contribution in [0.2, 0.25) is 0 Å². The molecule has 28 nitrogen and oxygen atoms in total. The van der Waals surface area contributed by atoms with Gasteiger partial charge in [0.25, 0.3) is 0 Å². The maximum atomic E-state index is 14.9. The number of rotatable bonds is 15. The van der Waals surface area contributed by atoms with Gasteiger partial charge in [0.1, 0.15) is 116 Å². The van der Waals surface area contributed by atoms with Crippen LogP contribution in [0.4, 0.5) is 0 Å². The molecule has 5 heterocycles. The summed E-state index contributed by atoms with van der Waals surface area (Å²) in [4.78, 5) is 14.9. The number of carbonyl (C=O) groups excluding carboxylic acids is 1. The molecule has 9 aliphatic rings. The normalized spacial score (nSPS) is 54.5. The third-order valence-corrected chi connectivity index (χ3v) is 19.2. The predicted octanol–water partition coefficient (Wildman–Crippen LogP) is -7.29. The van der Waals surface area contributed by atoms with Crippen LogP contribution >= 0.6 is 0 Å². The van der Waals surface area contributed by atoms with Crippen LogP contribution in [0, 0.1) is 28.1 Å². The van der Waals surface area contributed by atoms with Crippen LogP contribution in [0.5, 0.6) is 0 Å². The summed E-state index contributed by atoms with van der Waals surface area (Å²) in [5, 5.41) is 181. The van der Waals surface area contributed by atoms with Gasteiger partial charge in [-0.3, -0.25) is 4.79 Å². The van der Waals surface area contributed by atoms with E-state index in [1.165, 1.54) is 0 Å². The van der Waals surface area contributed by atoms with E-state index in [0.717, 1.165) is 0 Å². The average molecular weight is 1130 g/mol. The van der Waals surface area contributed by atoms with Crippen LogP contribution in [-0.4, -0.2) is 285 Å². The smallest absolute Gasteiger partial charge is 0.314 e. The Morgan fingerprint density at radius 1 is 0.487 bits per heavy atom. The molecule has 448 valence electrons. The molecule has 28 unspecified atom stereocenters. The van der Waals surface area contributed by atoms with Crippen LogP contribution in [0.15, 0.2) is 12.2 Å². The van der Waals surface area contributed by atoms with Crippen LogP contribution in [-0.2, 0) is 52.2 Å². The zero-order valence-electron chi connectivity index (χ0n) is 43.3. The van der Waals surface area contributed by atoms with Gasteiger partial charge in [0.15, 0.2) is 31.3 Å². The quantitative estimate of drug-likeness (QED) is 0.0411. The monoisotopic (exact) mass is 1130 g/mol. The number of ether oxygens (including phenoxy) is 10. The summed E-state index contributed by atoms with van der Waals surface area (Å²) in [6.45, 7) is 4.32. The lowest BCUT2D eigenvalue weighted by molar-refractivity contribution is -0.400. The molecular weight excluding hydrogens is 1050 g/mol. The molecular formula is C50H80O28. The van der Waals surface area contributed by atoms with Crippen molar-refractivity contribution < 1.29 is 139 Å². The molecule has 0 radical (unpaired) electrons. The summed E-state index contributed by atoms with van der Waals surface area (Å²) in [5.74, 6) is -1.14. The lowest BCUT2D eigenvalue weighted by Crippen LogP contribution is -2.68. The predicted molar refractivity (Wildman–Crippen MR) is 252 cm³/mol. The highest BCUT2D eigenvalue weighted by atomic mass is 16.8. The zero-order chi connectivity index (χ0) is 56.7. The van der Waals surface area contributed by atoms with Gasteiger partial charge in [-0.2, -0.15) is 0 Å². The lowest BCUT2D eigenvalue weighted by Gasteiger charge is -2.64. The Bertz CT molecular complexity index is 2070. The molecule has 78 heavy (non-hydrogen) atoms. The largest absolute Gasteiger partial charge is 0.432 e. The van der Waals surface area contributed by atoms with Crippen molar-refractivity contribution in [2.75, 3.05) is 33.0 Å². The van der Waals surface area contributed by atoms with Crippen molar-refractivity contribution in [3.63, 3.8) is 0 Å². The van der Waals surface area contributed by atoms with Gasteiger partial charge in [-0.25, -0.2) is 0 Å². The number of esters is 1. The summed E-state index contributed by atoms with van der Waals surface area (Å²) in [6.07, 6.45) is -39.9. The molecule has 1 spiro atoms. The van der Waals surface area contributed by atoms with Gasteiger partial charge >= 0.3 is 5.97 Å². The molecule has 4 aliphatic carbocycles. The van der Waals surface area contributed by atoms with Crippen LogP contribution in [0.3, 0.4) is 0 Å². The van der Waals surface area contributed by atoms with E-state index in [2.05, 4.69) is 13.5 Å². The number of fused-ring (bicyclic) bond motifs is 3. The van der Waals surface area contributed by atoms with Gasteiger partial charge in [-0.1, -0.05) is 19.9 Å². The van der Waals surface area contributed by atoms with E-state index in [0.29, 0.717) is 63.4 Å². The molecule has 0 aromatic heterocycles. The van der Waals surface area contributed by atoms with Gasteiger partial charge in [-0.15, -0.1) is 0 Å². The molecule has 28 heteroatoms. The van der Waals surface area contributed by atoms with Crippen molar-refractivity contribution in [2.45, 2.75) is 231 Å². The molecule has 17 N–H and O–H groups in total. The summed E-state index contributed by atoms with van der Waals surface area (Å²) >= 11 is 0. The Kier molecular flexibility index (Phi) is 18.2. The van der Waals surface area contributed by atoms with E-state index < -0.39 is 214 Å². The van der Waals surface area contributed by atoms with Crippen molar-refractivity contribution in [3.8, 4) is 0 Å². The minimum absolute atomic E-state index is 0.0705. The van der Waals surface area contributed by atoms with Crippen molar-refractivity contribution >= 4 is 5.97 Å². The van der Waals surface area contributed by atoms with Gasteiger partial charge in [0.2, 0.25) is 6.29 Å². The molecule has 9 rings (SSSR count). The number of hydrogen-bond acceptors (Lipinski definition) is 28. The Labute approximate surface area is 448 Å². The Balaban J connectivity index is 0.968. The maximum absolute atomic E-state index is 14.9. The van der Waals surface area contributed by atoms with Gasteiger partial charge in [0, 0.05) is 0 Å². The Morgan fingerprint density at radius 2 is 0.910 bits per heavy atom. The number of carbonyl (C=O) groups is 1. The van der Waals surface area contributed by atoms with Gasteiger partial charge < -0.3 is 134 Å². The number of hydrogen-bond donors (Lipinski definition) is 17. The van der Waals surface area contributed by atoms with E-state index in [1.807, 2.05) is 0 Å². The van der Waals surface area contributed by atoms with Crippen molar-refractivity contribution in [2.24, 2.45) is 28.1 Å². The van der Waals surface area contributed by atoms with Gasteiger partial charge in [-0.05, 0) is 86.5 Å². The summed E-state index contributed by atoms with van der Waals surface area (Å²) in [6, 6.07) is 0. The third-order valence-electron chi connectivity index (χ3n) is 19.2. The van der Waals surface area contributed by atoms with Gasteiger partial charge in [0.05, 0.1) is 44.1 Å². The molecule has 0 amide bonds. The first kappa shape index (κ1) is 60.8. The molecule has 5 aliphatic heterocycles. The fraction of sp³-hybridized carbons (Fsp3) is 0.940. The van der Waals surface area contributed by atoms with E-state index in [-0.39, 0.29) is 11.8 Å². The van der Waals surface area contributed by atoms with E-state index in [9.17, 15) is 91.6 Å². The molecule has 2 bridgehead atoms. The maximum Gasteiger partial charge on any atom is 0.314 e. The molecule has 9 fully saturated rings. The minimum atomic E-state index is -1.99. The fourth-order valence-corrected chi connectivity index (χ4v) is 15.0. The number of aliphatic hydroxyl groups excluding tert-OH is 17. The SMILES string of the molecule is C=C1CC23CCC4[C@](C)(C(=O)OC5OC(CO)C(O)C(O)C5OC5OC(CO)C(O)C(O)C5O)CCC[C@@]4(C)[C@@H]2CCC1(OC1OC(CO)C(O)C(OC2OC(CO)C(O)C(O)C2O)C1OC1OC(CO)C(O)C(O)C1O)C3. The van der Waals surface area contributed by atoms with Crippen molar-refractivity contribution in [3.05, 3.63) is 12.2 Å². The second kappa shape index (κ2) is 23.3. The molecule has 5 saturated heterocycles. The minimum Gasteiger partial charge on any atom is -0.432 e.